The van der Waals surface area contributed by atoms with Crippen LogP contribution in [-0.4, -0.2) is 48.6 Å². The Labute approximate surface area is 124 Å². The van der Waals surface area contributed by atoms with E-state index in [0.717, 1.165) is 17.6 Å². The Kier molecular flexibility index (Phi) is 4.44. The largest absolute Gasteiger partial charge is 0.329 e. The molecule has 2 N–H and O–H groups in total. The normalized spacial score (nSPS) is 27.2. The summed E-state index contributed by atoms with van der Waals surface area (Å²) >= 11 is 7.78. The maximum Gasteiger partial charge on any atom is 0.0565 e. The highest BCUT2D eigenvalue weighted by molar-refractivity contribution is 7.10. The van der Waals surface area contributed by atoms with E-state index in [-0.39, 0.29) is 0 Å². The molecule has 1 aromatic heterocycles. The van der Waals surface area contributed by atoms with E-state index in [4.69, 9.17) is 17.3 Å². The van der Waals surface area contributed by atoms with E-state index in [1.54, 1.807) is 11.3 Å². The summed E-state index contributed by atoms with van der Waals surface area (Å²) in [5.41, 5.74) is 6.00. The highest BCUT2D eigenvalue weighted by Crippen LogP contribution is 2.32. The first-order valence-corrected chi connectivity index (χ1v) is 8.46. The van der Waals surface area contributed by atoms with Crippen LogP contribution in [0.5, 0.6) is 0 Å². The molecule has 3 nitrogen and oxygen atoms in total. The minimum atomic E-state index is 0.352. The van der Waals surface area contributed by atoms with Crippen molar-refractivity contribution in [1.82, 2.24) is 9.80 Å². The number of thiophene rings is 1. The van der Waals surface area contributed by atoms with Gasteiger partial charge in [0.25, 0.3) is 0 Å². The lowest BCUT2D eigenvalue weighted by atomic mass is 10.2. The highest BCUT2D eigenvalue weighted by Gasteiger charge is 2.33. The summed E-state index contributed by atoms with van der Waals surface area (Å²) in [6.07, 6.45) is 4.03. The average Bonchev–Trinajstić information content (AvgIpc) is 3.10. The number of halogens is 1. The summed E-state index contributed by atoms with van der Waals surface area (Å²) in [5.74, 6) is 0. The third-order valence-corrected chi connectivity index (χ3v) is 5.81. The van der Waals surface area contributed by atoms with Gasteiger partial charge in [0.05, 0.1) is 11.1 Å². The average molecular weight is 300 g/mol. The quantitative estimate of drug-likeness (QED) is 0.927. The third-order valence-electron chi connectivity index (χ3n) is 4.43. The van der Waals surface area contributed by atoms with Crippen molar-refractivity contribution in [1.29, 1.82) is 0 Å². The fourth-order valence-corrected chi connectivity index (χ4v) is 4.63. The molecule has 2 atom stereocenters. The molecular formula is C14H22ClN3S. The number of hydrogen-bond acceptors (Lipinski definition) is 4. The molecule has 2 fully saturated rings. The van der Waals surface area contributed by atoms with Crippen molar-refractivity contribution in [2.75, 3.05) is 32.7 Å². The monoisotopic (exact) mass is 299 g/mol. The van der Waals surface area contributed by atoms with Gasteiger partial charge in [-0.3, -0.25) is 9.80 Å². The Bertz CT molecular complexity index is 417. The van der Waals surface area contributed by atoms with Crippen LogP contribution in [-0.2, 0) is 0 Å². The molecule has 106 valence electrons. The molecule has 0 aromatic carbocycles. The molecule has 2 unspecified atom stereocenters. The smallest absolute Gasteiger partial charge is 0.0565 e. The number of rotatable bonds is 4. The molecule has 0 aliphatic carbocycles. The summed E-state index contributed by atoms with van der Waals surface area (Å²) in [6, 6.07) is 3.17. The zero-order valence-corrected chi connectivity index (χ0v) is 12.8. The molecule has 3 heterocycles. The zero-order valence-electron chi connectivity index (χ0n) is 11.2. The Morgan fingerprint density at radius 2 is 2.16 bits per heavy atom. The van der Waals surface area contributed by atoms with Crippen molar-refractivity contribution in [2.45, 2.75) is 31.3 Å². The van der Waals surface area contributed by atoms with Crippen LogP contribution >= 0.6 is 22.9 Å². The first-order valence-electron chi connectivity index (χ1n) is 7.20. The molecular weight excluding hydrogens is 278 g/mol. The summed E-state index contributed by atoms with van der Waals surface area (Å²) < 4.78 is 0. The van der Waals surface area contributed by atoms with Crippen LogP contribution in [0.25, 0.3) is 0 Å². The van der Waals surface area contributed by atoms with Crippen LogP contribution in [0.2, 0.25) is 5.02 Å². The molecule has 19 heavy (non-hydrogen) atoms. The Morgan fingerprint density at radius 3 is 2.79 bits per heavy atom. The van der Waals surface area contributed by atoms with Gasteiger partial charge in [0.15, 0.2) is 0 Å². The Hall–Kier alpha value is -0.130. The van der Waals surface area contributed by atoms with E-state index >= 15 is 0 Å². The summed E-state index contributed by atoms with van der Waals surface area (Å²) in [7, 11) is 0. The summed E-state index contributed by atoms with van der Waals surface area (Å²) in [6.45, 7) is 5.59. The molecule has 5 heteroatoms. The second-order valence-corrected chi connectivity index (χ2v) is 6.98. The van der Waals surface area contributed by atoms with Gasteiger partial charge in [-0.25, -0.2) is 0 Å². The van der Waals surface area contributed by atoms with Crippen molar-refractivity contribution < 1.29 is 0 Å². The minimum absolute atomic E-state index is 0.352. The van der Waals surface area contributed by atoms with Crippen molar-refractivity contribution in [3.8, 4) is 0 Å². The predicted molar refractivity (Wildman–Crippen MR) is 81.9 cm³/mol. The van der Waals surface area contributed by atoms with Crippen LogP contribution in [0.15, 0.2) is 11.4 Å². The molecule has 0 spiro atoms. The summed E-state index contributed by atoms with van der Waals surface area (Å²) in [4.78, 5) is 6.52. The topological polar surface area (TPSA) is 32.5 Å². The minimum Gasteiger partial charge on any atom is -0.329 e. The van der Waals surface area contributed by atoms with Gasteiger partial charge in [-0.05, 0) is 38.4 Å². The van der Waals surface area contributed by atoms with Crippen molar-refractivity contribution in [3.05, 3.63) is 21.3 Å². The molecule has 2 saturated heterocycles. The lowest BCUT2D eigenvalue weighted by molar-refractivity contribution is 0.204. The fourth-order valence-electron chi connectivity index (χ4n) is 3.40. The van der Waals surface area contributed by atoms with Gasteiger partial charge in [0, 0.05) is 35.9 Å². The molecule has 2 aliphatic rings. The van der Waals surface area contributed by atoms with Crippen LogP contribution in [0.4, 0.5) is 0 Å². The maximum absolute atomic E-state index is 6.04. The molecule has 0 amide bonds. The van der Waals surface area contributed by atoms with E-state index in [0.29, 0.717) is 12.6 Å². The van der Waals surface area contributed by atoms with E-state index in [2.05, 4.69) is 15.9 Å². The predicted octanol–water partition coefficient (Wildman–Crippen LogP) is 2.57. The van der Waals surface area contributed by atoms with Gasteiger partial charge in [-0.2, -0.15) is 0 Å². The third kappa shape index (κ3) is 2.98. The van der Waals surface area contributed by atoms with Crippen molar-refractivity contribution >= 4 is 22.9 Å². The van der Waals surface area contributed by atoms with Gasteiger partial charge < -0.3 is 5.73 Å². The number of likely N-dealkylation sites (tertiary alicyclic amines) is 2. The molecule has 3 rings (SSSR count). The Balaban J connectivity index is 1.65. The number of hydrogen-bond donors (Lipinski definition) is 1. The maximum atomic E-state index is 6.04. The van der Waals surface area contributed by atoms with Crippen LogP contribution in [0, 0.1) is 0 Å². The lowest BCUT2D eigenvalue weighted by Crippen LogP contribution is -2.37. The van der Waals surface area contributed by atoms with E-state index in [1.165, 1.54) is 43.8 Å². The van der Waals surface area contributed by atoms with Crippen molar-refractivity contribution in [2.24, 2.45) is 5.73 Å². The number of nitrogens with two attached hydrogens (primary N) is 1. The van der Waals surface area contributed by atoms with E-state index < -0.39 is 0 Å². The van der Waals surface area contributed by atoms with Gasteiger partial charge in [0.2, 0.25) is 0 Å². The number of nitrogens with zero attached hydrogens (tertiary/aromatic N) is 2. The molecule has 0 bridgehead atoms. The second-order valence-electron chi connectivity index (χ2n) is 5.60. The molecule has 1 aromatic rings. The van der Waals surface area contributed by atoms with Gasteiger partial charge in [-0.15, -0.1) is 11.3 Å². The molecule has 2 aliphatic heterocycles. The Morgan fingerprint density at radius 1 is 1.37 bits per heavy atom. The van der Waals surface area contributed by atoms with E-state index in [1.807, 2.05) is 5.38 Å². The molecule has 0 saturated carbocycles. The first kappa shape index (κ1) is 13.8. The fraction of sp³-hybridized carbons (Fsp3) is 0.714. The molecule has 0 radical (unpaired) electrons. The second kappa shape index (κ2) is 6.10. The SMILES string of the molecule is NCC(c1cc(Cl)cs1)N1CCC(N2CCCC2)C1. The van der Waals surface area contributed by atoms with Gasteiger partial charge >= 0.3 is 0 Å². The standard InChI is InChI=1S/C14H22ClN3S/c15-11-7-14(19-10-11)13(8-16)18-6-3-12(9-18)17-4-1-2-5-17/h7,10,12-13H,1-6,8-9,16H2. The van der Waals surface area contributed by atoms with Crippen LogP contribution in [0.1, 0.15) is 30.2 Å². The lowest BCUT2D eigenvalue weighted by Gasteiger charge is -2.28. The highest BCUT2D eigenvalue weighted by atomic mass is 35.5. The van der Waals surface area contributed by atoms with Crippen LogP contribution in [0.3, 0.4) is 0 Å². The zero-order chi connectivity index (χ0) is 13.2. The summed E-state index contributed by atoms with van der Waals surface area (Å²) in [5, 5.41) is 2.85. The first-order chi connectivity index (χ1) is 9.28. The van der Waals surface area contributed by atoms with Gasteiger partial charge in [0.1, 0.15) is 0 Å². The van der Waals surface area contributed by atoms with Crippen LogP contribution < -0.4 is 5.73 Å². The van der Waals surface area contributed by atoms with Gasteiger partial charge in [-0.1, -0.05) is 11.6 Å². The van der Waals surface area contributed by atoms with E-state index in [9.17, 15) is 0 Å². The van der Waals surface area contributed by atoms with Crippen molar-refractivity contribution in [3.63, 3.8) is 0 Å².